The van der Waals surface area contributed by atoms with Crippen LogP contribution >= 0.6 is 11.6 Å². The molecule has 0 aliphatic carbocycles. The Morgan fingerprint density at radius 1 is 1.09 bits per heavy atom. The van der Waals surface area contributed by atoms with Gasteiger partial charge in [-0.1, -0.05) is 47.1 Å². The van der Waals surface area contributed by atoms with Crippen LogP contribution < -0.4 is 20.7 Å². The van der Waals surface area contributed by atoms with Gasteiger partial charge in [-0.2, -0.15) is 0 Å². The van der Waals surface area contributed by atoms with E-state index >= 15 is 0 Å². The number of benzene rings is 2. The van der Waals surface area contributed by atoms with Crippen LogP contribution in [0.2, 0.25) is 5.02 Å². The summed E-state index contributed by atoms with van der Waals surface area (Å²) in [4.78, 5) is 25.9. The van der Waals surface area contributed by atoms with Crippen molar-refractivity contribution in [2.24, 2.45) is 0 Å². The smallest absolute Gasteiger partial charge is 0.251 e. The molecule has 2 aliphatic heterocycles. The maximum atomic E-state index is 13.0. The highest BCUT2D eigenvalue weighted by atomic mass is 35.5. The summed E-state index contributed by atoms with van der Waals surface area (Å²) in [7, 11) is 0. The van der Waals surface area contributed by atoms with E-state index in [1.807, 2.05) is 36.5 Å². The number of nitrogens with one attached hydrogen (secondary N) is 3. The zero-order valence-electron chi connectivity index (χ0n) is 19.4. The van der Waals surface area contributed by atoms with E-state index in [1.54, 1.807) is 22.9 Å². The van der Waals surface area contributed by atoms with E-state index in [4.69, 9.17) is 16.3 Å². The second kappa shape index (κ2) is 12.3. The van der Waals surface area contributed by atoms with Gasteiger partial charge in [0.05, 0.1) is 17.3 Å². The lowest BCUT2D eigenvalue weighted by Gasteiger charge is -2.19. The van der Waals surface area contributed by atoms with Gasteiger partial charge in [-0.25, -0.2) is 0 Å². The van der Waals surface area contributed by atoms with Gasteiger partial charge in [-0.05, 0) is 36.7 Å². The molecule has 35 heavy (non-hydrogen) atoms. The van der Waals surface area contributed by atoms with Crippen LogP contribution in [0.3, 0.4) is 0 Å². The molecule has 0 spiro atoms. The Kier molecular flexibility index (Phi) is 8.69. The van der Waals surface area contributed by atoms with Crippen molar-refractivity contribution in [1.82, 2.24) is 30.9 Å². The fraction of sp³-hybridized carbons (Fsp3) is 0.360. The first-order chi connectivity index (χ1) is 17.1. The molecule has 0 saturated heterocycles. The molecular weight excluding hydrogens is 468 g/mol. The van der Waals surface area contributed by atoms with Gasteiger partial charge in [0.2, 0.25) is 5.91 Å². The van der Waals surface area contributed by atoms with E-state index in [1.165, 1.54) is 0 Å². The van der Waals surface area contributed by atoms with Crippen molar-refractivity contribution in [3.63, 3.8) is 0 Å². The number of carbonyl (C=O) groups is 2. The average Bonchev–Trinajstić information content (AvgIpc) is 3.31. The summed E-state index contributed by atoms with van der Waals surface area (Å²) in [5.41, 5.74) is 2.17. The van der Waals surface area contributed by atoms with Crippen molar-refractivity contribution in [3.05, 3.63) is 76.6 Å². The fourth-order valence-electron chi connectivity index (χ4n) is 3.76. The van der Waals surface area contributed by atoms with Gasteiger partial charge in [0, 0.05) is 44.2 Å². The lowest BCUT2D eigenvalue weighted by Crippen LogP contribution is -2.48. The molecule has 0 saturated carbocycles. The Morgan fingerprint density at radius 2 is 1.94 bits per heavy atom. The number of aromatic nitrogens is 3. The van der Waals surface area contributed by atoms with E-state index in [-0.39, 0.29) is 11.8 Å². The predicted octanol–water partition coefficient (Wildman–Crippen LogP) is 2.35. The number of aryl methyl sites for hydroxylation is 1. The quantitative estimate of drug-likeness (QED) is 0.502. The minimum atomic E-state index is -0.725. The van der Waals surface area contributed by atoms with Gasteiger partial charge in [0.25, 0.3) is 5.91 Å². The molecule has 5 rings (SSSR count). The molecule has 3 aromatic rings. The van der Waals surface area contributed by atoms with Gasteiger partial charge in [0.15, 0.2) is 0 Å². The van der Waals surface area contributed by atoms with Crippen molar-refractivity contribution in [3.8, 4) is 5.75 Å². The zero-order valence-corrected chi connectivity index (χ0v) is 20.1. The summed E-state index contributed by atoms with van der Waals surface area (Å²) in [6.45, 7) is 2.90. The molecule has 2 amide bonds. The third kappa shape index (κ3) is 7.27. The van der Waals surface area contributed by atoms with E-state index in [2.05, 4.69) is 26.3 Å². The molecule has 0 radical (unpaired) electrons. The molecule has 4 bridgehead atoms. The van der Waals surface area contributed by atoms with Crippen LogP contribution in [-0.4, -0.2) is 52.5 Å². The first-order valence-electron chi connectivity index (χ1n) is 11.7. The van der Waals surface area contributed by atoms with Gasteiger partial charge >= 0.3 is 0 Å². The van der Waals surface area contributed by atoms with Crippen LogP contribution in [0.15, 0.2) is 54.7 Å². The molecular formula is C25H29ClN6O3. The summed E-state index contributed by atoms with van der Waals surface area (Å²) < 4.78 is 7.57. The summed E-state index contributed by atoms with van der Waals surface area (Å²) in [5.74, 6) is -0.109. The van der Waals surface area contributed by atoms with Gasteiger partial charge in [-0.3, -0.25) is 14.3 Å². The molecule has 3 N–H and O–H groups in total. The summed E-state index contributed by atoms with van der Waals surface area (Å²) in [6, 6.07) is 13.7. The van der Waals surface area contributed by atoms with E-state index < -0.39 is 6.04 Å². The molecule has 9 nitrogen and oxygen atoms in total. The Labute approximate surface area is 209 Å². The second-order valence-corrected chi connectivity index (χ2v) is 8.76. The molecule has 0 unspecified atom stereocenters. The first kappa shape index (κ1) is 24.7. The molecule has 3 heterocycles. The van der Waals surface area contributed by atoms with Gasteiger partial charge in [0.1, 0.15) is 11.8 Å². The Balaban J connectivity index is 1.49. The third-order valence-corrected chi connectivity index (χ3v) is 5.90. The lowest BCUT2D eigenvalue weighted by atomic mass is 10.0. The highest BCUT2D eigenvalue weighted by Gasteiger charge is 2.22. The van der Waals surface area contributed by atoms with Crippen molar-refractivity contribution in [2.75, 3.05) is 19.7 Å². The number of nitrogens with zero attached hydrogens (tertiary/aromatic N) is 3. The summed E-state index contributed by atoms with van der Waals surface area (Å²) >= 11 is 6.38. The van der Waals surface area contributed by atoms with E-state index in [9.17, 15) is 9.59 Å². The number of rotatable bonds is 2. The Bertz CT molecular complexity index is 1140. The second-order valence-electron chi connectivity index (χ2n) is 8.36. The monoisotopic (exact) mass is 496 g/mol. The van der Waals surface area contributed by atoms with Crippen LogP contribution in [0.1, 0.15) is 34.5 Å². The van der Waals surface area contributed by atoms with Crippen LogP contribution in [-0.2, 0) is 24.3 Å². The van der Waals surface area contributed by atoms with Crippen LogP contribution in [0, 0.1) is 0 Å². The number of carbonyl (C=O) groups excluding carboxylic acids is 2. The van der Waals surface area contributed by atoms with Crippen LogP contribution in [0.4, 0.5) is 0 Å². The molecule has 0 fully saturated rings. The number of hydrogen-bond donors (Lipinski definition) is 3. The fourth-order valence-corrected chi connectivity index (χ4v) is 4.00. The Morgan fingerprint density at radius 3 is 2.77 bits per heavy atom. The SMILES string of the molecule is O=C1N[C@@H](Cc2ccccc2)C(=O)NCCCNCc2cn(nn2)CCCOc2ccc1cc2Cl. The highest BCUT2D eigenvalue weighted by molar-refractivity contribution is 6.32. The maximum absolute atomic E-state index is 13.0. The predicted molar refractivity (Wildman–Crippen MR) is 132 cm³/mol. The van der Waals surface area contributed by atoms with Crippen LogP contribution in [0.25, 0.3) is 0 Å². The molecule has 2 aromatic carbocycles. The topological polar surface area (TPSA) is 110 Å². The van der Waals surface area contributed by atoms with Crippen molar-refractivity contribution >= 4 is 23.4 Å². The third-order valence-electron chi connectivity index (χ3n) is 5.61. The number of halogens is 1. The Hall–Kier alpha value is -3.43. The normalized spacial score (nSPS) is 18.1. The first-order valence-corrected chi connectivity index (χ1v) is 12.1. The number of hydrogen-bond acceptors (Lipinski definition) is 6. The molecule has 2 aliphatic rings. The minimum Gasteiger partial charge on any atom is -0.492 e. The molecule has 1 aromatic heterocycles. The lowest BCUT2D eigenvalue weighted by molar-refractivity contribution is -0.122. The van der Waals surface area contributed by atoms with Crippen molar-refractivity contribution in [1.29, 1.82) is 0 Å². The van der Waals surface area contributed by atoms with Gasteiger partial charge < -0.3 is 20.7 Å². The standard InChI is InChI=1S/C25H29ClN6O3/c26-21-15-19-8-9-23(21)35-13-5-12-32-17-20(30-31-32)16-27-10-4-11-28-25(34)22(29-24(19)33)14-18-6-2-1-3-7-18/h1-3,6-9,15,17,22,27H,4-5,10-14,16H2,(H,28,34)(H,29,33)/t22-/m0/s1. The zero-order chi connectivity index (χ0) is 24.5. The molecule has 184 valence electrons. The van der Waals surface area contributed by atoms with Crippen molar-refractivity contribution < 1.29 is 14.3 Å². The maximum Gasteiger partial charge on any atom is 0.251 e. The van der Waals surface area contributed by atoms with Crippen molar-refractivity contribution in [2.45, 2.75) is 38.4 Å². The number of fused-ring (bicyclic) bond motifs is 14. The van der Waals surface area contributed by atoms with E-state index in [0.717, 1.165) is 24.1 Å². The average molecular weight is 497 g/mol. The number of ether oxygens (including phenoxy) is 1. The van der Waals surface area contributed by atoms with E-state index in [0.29, 0.717) is 55.5 Å². The minimum absolute atomic E-state index is 0.234. The number of amides is 2. The molecule has 1 atom stereocenters. The van der Waals surface area contributed by atoms with Crippen LogP contribution in [0.5, 0.6) is 5.75 Å². The highest BCUT2D eigenvalue weighted by Crippen LogP contribution is 2.25. The summed E-state index contributed by atoms with van der Waals surface area (Å²) in [6.07, 6.45) is 3.75. The largest absolute Gasteiger partial charge is 0.492 e. The van der Waals surface area contributed by atoms with Gasteiger partial charge in [-0.15, -0.1) is 5.10 Å². The summed E-state index contributed by atoms with van der Waals surface area (Å²) in [5, 5.41) is 17.8. The molecule has 10 heteroatoms.